The Balaban J connectivity index is 2.08. The van der Waals surface area contributed by atoms with Crippen molar-refractivity contribution >= 4 is 5.65 Å². The predicted octanol–water partition coefficient (Wildman–Crippen LogP) is 3.55. The number of hydrogen-bond acceptors (Lipinski definition) is 1. The molecule has 0 fully saturated rings. The van der Waals surface area contributed by atoms with Gasteiger partial charge in [-0.05, 0) is 44.2 Å². The van der Waals surface area contributed by atoms with E-state index in [1.807, 2.05) is 0 Å². The number of aromatic nitrogens is 2. The van der Waals surface area contributed by atoms with Crippen LogP contribution in [0.5, 0.6) is 0 Å². The molecule has 0 aromatic carbocycles. The molecule has 1 unspecified atom stereocenters. The topological polar surface area (TPSA) is 17.3 Å². The van der Waals surface area contributed by atoms with Crippen LogP contribution >= 0.6 is 0 Å². The first-order chi connectivity index (χ1) is 8.29. The lowest BCUT2D eigenvalue weighted by molar-refractivity contribution is 0.414. The van der Waals surface area contributed by atoms with Gasteiger partial charge < -0.3 is 4.40 Å². The summed E-state index contributed by atoms with van der Waals surface area (Å²) < 4.78 is 2.36. The smallest absolute Gasteiger partial charge is 0.137 e. The average Bonchev–Trinajstić information content (AvgIpc) is 2.68. The van der Waals surface area contributed by atoms with E-state index in [2.05, 4.69) is 36.4 Å². The van der Waals surface area contributed by atoms with Gasteiger partial charge in [0.05, 0.1) is 5.69 Å². The Morgan fingerprint density at radius 2 is 2.29 bits per heavy atom. The molecular weight excluding hydrogens is 208 g/mol. The van der Waals surface area contributed by atoms with E-state index >= 15 is 0 Å². The Kier molecular flexibility index (Phi) is 2.65. The van der Waals surface area contributed by atoms with Crippen LogP contribution in [0.2, 0.25) is 0 Å². The summed E-state index contributed by atoms with van der Waals surface area (Å²) in [5, 5.41) is 0. The second kappa shape index (κ2) is 4.17. The van der Waals surface area contributed by atoms with Gasteiger partial charge in [0, 0.05) is 11.4 Å². The molecule has 0 saturated carbocycles. The SMILES string of the molecule is CCCC1CCc2nc3cccc(C)n3c2C1. The van der Waals surface area contributed by atoms with Gasteiger partial charge in [0.15, 0.2) is 0 Å². The molecule has 1 aliphatic rings. The summed E-state index contributed by atoms with van der Waals surface area (Å²) in [5.41, 5.74) is 5.26. The van der Waals surface area contributed by atoms with Gasteiger partial charge >= 0.3 is 0 Å². The van der Waals surface area contributed by atoms with Crippen molar-refractivity contribution in [2.45, 2.75) is 46.0 Å². The van der Waals surface area contributed by atoms with Gasteiger partial charge in [-0.25, -0.2) is 4.98 Å². The number of pyridine rings is 1. The fourth-order valence-electron chi connectivity index (χ4n) is 3.15. The van der Waals surface area contributed by atoms with E-state index in [0.717, 1.165) is 11.6 Å². The molecule has 0 N–H and O–H groups in total. The molecule has 0 bridgehead atoms. The quantitative estimate of drug-likeness (QED) is 0.768. The molecule has 2 heterocycles. The van der Waals surface area contributed by atoms with E-state index in [9.17, 15) is 0 Å². The maximum Gasteiger partial charge on any atom is 0.137 e. The zero-order chi connectivity index (χ0) is 11.8. The number of imidazole rings is 1. The first-order valence-corrected chi connectivity index (χ1v) is 6.75. The van der Waals surface area contributed by atoms with Crippen molar-refractivity contribution < 1.29 is 0 Å². The highest BCUT2D eigenvalue weighted by Gasteiger charge is 2.22. The van der Waals surface area contributed by atoms with Crippen molar-refractivity contribution in [3.8, 4) is 0 Å². The van der Waals surface area contributed by atoms with Crippen molar-refractivity contribution in [1.29, 1.82) is 0 Å². The minimum absolute atomic E-state index is 0.868. The summed E-state index contributed by atoms with van der Waals surface area (Å²) in [6.45, 7) is 4.47. The number of fused-ring (bicyclic) bond motifs is 3. The van der Waals surface area contributed by atoms with E-state index in [0.29, 0.717) is 0 Å². The Morgan fingerprint density at radius 1 is 1.41 bits per heavy atom. The number of rotatable bonds is 2. The summed E-state index contributed by atoms with van der Waals surface area (Å²) in [6.07, 6.45) is 6.37. The van der Waals surface area contributed by atoms with E-state index in [1.54, 1.807) is 0 Å². The molecule has 3 rings (SSSR count). The van der Waals surface area contributed by atoms with E-state index < -0.39 is 0 Å². The lowest BCUT2D eigenvalue weighted by Crippen LogP contribution is -2.15. The summed E-state index contributed by atoms with van der Waals surface area (Å²) in [6, 6.07) is 6.41. The molecular formula is C15H20N2. The molecule has 2 aromatic heterocycles. The fourth-order valence-corrected chi connectivity index (χ4v) is 3.15. The van der Waals surface area contributed by atoms with Gasteiger partial charge in [-0.3, -0.25) is 0 Å². The van der Waals surface area contributed by atoms with Gasteiger partial charge in [-0.2, -0.15) is 0 Å². The van der Waals surface area contributed by atoms with Crippen LogP contribution in [-0.4, -0.2) is 9.38 Å². The number of aryl methyl sites for hydroxylation is 2. The van der Waals surface area contributed by atoms with Crippen molar-refractivity contribution in [2.24, 2.45) is 5.92 Å². The molecule has 0 radical (unpaired) electrons. The normalized spacial score (nSPS) is 19.5. The molecule has 0 aliphatic heterocycles. The monoisotopic (exact) mass is 228 g/mol. The maximum atomic E-state index is 4.77. The lowest BCUT2D eigenvalue weighted by atomic mass is 9.86. The largest absolute Gasteiger partial charge is 0.301 e. The molecule has 1 aliphatic carbocycles. The second-order valence-electron chi connectivity index (χ2n) is 5.26. The Hall–Kier alpha value is -1.31. The lowest BCUT2D eigenvalue weighted by Gasteiger charge is -2.21. The van der Waals surface area contributed by atoms with Gasteiger partial charge in [0.1, 0.15) is 5.65 Å². The second-order valence-corrected chi connectivity index (χ2v) is 5.26. The third kappa shape index (κ3) is 1.76. The first-order valence-electron chi connectivity index (χ1n) is 6.75. The van der Waals surface area contributed by atoms with Crippen molar-refractivity contribution in [3.63, 3.8) is 0 Å². The minimum atomic E-state index is 0.868. The van der Waals surface area contributed by atoms with Gasteiger partial charge in [-0.15, -0.1) is 0 Å². The highest BCUT2D eigenvalue weighted by molar-refractivity contribution is 5.45. The van der Waals surface area contributed by atoms with E-state index in [-0.39, 0.29) is 0 Å². The van der Waals surface area contributed by atoms with Crippen molar-refractivity contribution in [2.75, 3.05) is 0 Å². The predicted molar refractivity (Wildman–Crippen MR) is 70.4 cm³/mol. The number of hydrogen-bond donors (Lipinski definition) is 0. The van der Waals surface area contributed by atoms with Crippen LogP contribution in [-0.2, 0) is 12.8 Å². The fraction of sp³-hybridized carbons (Fsp3) is 0.533. The molecule has 2 nitrogen and oxygen atoms in total. The Labute approximate surface area is 103 Å². The van der Waals surface area contributed by atoms with Crippen molar-refractivity contribution in [1.82, 2.24) is 9.38 Å². The van der Waals surface area contributed by atoms with Crippen LogP contribution in [0.3, 0.4) is 0 Å². The maximum absolute atomic E-state index is 4.77. The van der Waals surface area contributed by atoms with Crippen LogP contribution in [0.1, 0.15) is 43.3 Å². The van der Waals surface area contributed by atoms with Crippen LogP contribution in [0.4, 0.5) is 0 Å². The zero-order valence-corrected chi connectivity index (χ0v) is 10.7. The van der Waals surface area contributed by atoms with Crippen LogP contribution in [0.15, 0.2) is 18.2 Å². The molecule has 2 aromatic rings. The Morgan fingerprint density at radius 3 is 3.12 bits per heavy atom. The standard InChI is InChI=1S/C15H20N2/c1-3-5-12-8-9-13-14(10-12)17-11(2)6-4-7-15(17)16-13/h4,6-7,12H,3,5,8-10H2,1-2H3. The third-order valence-corrected chi connectivity index (χ3v) is 3.99. The molecule has 0 amide bonds. The number of nitrogens with zero attached hydrogens (tertiary/aromatic N) is 2. The third-order valence-electron chi connectivity index (χ3n) is 3.99. The van der Waals surface area contributed by atoms with Gasteiger partial charge in [0.25, 0.3) is 0 Å². The first kappa shape index (κ1) is 10.8. The zero-order valence-electron chi connectivity index (χ0n) is 10.7. The van der Waals surface area contributed by atoms with E-state index in [1.165, 1.54) is 49.2 Å². The molecule has 2 heteroatoms. The summed E-state index contributed by atoms with van der Waals surface area (Å²) in [7, 11) is 0. The Bertz CT molecular complexity index is 539. The minimum Gasteiger partial charge on any atom is -0.301 e. The average molecular weight is 228 g/mol. The van der Waals surface area contributed by atoms with Crippen LogP contribution in [0.25, 0.3) is 5.65 Å². The highest BCUT2D eigenvalue weighted by Crippen LogP contribution is 2.29. The molecule has 0 saturated heterocycles. The highest BCUT2D eigenvalue weighted by atomic mass is 15.0. The van der Waals surface area contributed by atoms with Crippen LogP contribution in [0, 0.1) is 12.8 Å². The molecule has 90 valence electrons. The summed E-state index contributed by atoms with van der Waals surface area (Å²) in [4.78, 5) is 4.77. The van der Waals surface area contributed by atoms with Gasteiger partial charge in [0.2, 0.25) is 0 Å². The molecule has 1 atom stereocenters. The van der Waals surface area contributed by atoms with Gasteiger partial charge in [-0.1, -0.05) is 25.8 Å². The summed E-state index contributed by atoms with van der Waals surface area (Å²) in [5.74, 6) is 0.868. The van der Waals surface area contributed by atoms with Crippen molar-refractivity contribution in [3.05, 3.63) is 35.3 Å². The van der Waals surface area contributed by atoms with E-state index in [4.69, 9.17) is 4.98 Å². The molecule has 0 spiro atoms. The summed E-state index contributed by atoms with van der Waals surface area (Å²) >= 11 is 0. The molecule has 17 heavy (non-hydrogen) atoms. The van der Waals surface area contributed by atoms with Crippen LogP contribution < -0.4 is 0 Å².